The van der Waals surface area contributed by atoms with Crippen LogP contribution in [0.3, 0.4) is 0 Å². The molecule has 18 heavy (non-hydrogen) atoms. The van der Waals surface area contributed by atoms with Crippen molar-refractivity contribution in [3.63, 3.8) is 0 Å². The third kappa shape index (κ3) is 1.78. The molecule has 0 spiro atoms. The normalized spacial score (nSPS) is 29.3. The van der Waals surface area contributed by atoms with Crippen LogP contribution in [0.25, 0.3) is 0 Å². The lowest BCUT2D eigenvalue weighted by Gasteiger charge is -2.53. The van der Waals surface area contributed by atoms with Crippen LogP contribution >= 0.6 is 15.9 Å². The fraction of sp³-hybridized carbons (Fsp3) is 0.571. The second-order valence-corrected chi connectivity index (χ2v) is 6.34. The summed E-state index contributed by atoms with van der Waals surface area (Å²) in [6, 6.07) is 6.58. The van der Waals surface area contributed by atoms with Crippen LogP contribution in [0.5, 0.6) is 5.75 Å². The second-order valence-electron chi connectivity index (χ2n) is 5.42. The summed E-state index contributed by atoms with van der Waals surface area (Å²) in [5.41, 5.74) is 7.32. The maximum Gasteiger partial charge on any atom is 0.122 e. The number of halogens is 1. The van der Waals surface area contributed by atoms with E-state index in [1.54, 1.807) is 7.11 Å². The first-order chi connectivity index (χ1) is 8.65. The Labute approximate surface area is 116 Å². The number of benzene rings is 1. The van der Waals surface area contributed by atoms with E-state index in [0.29, 0.717) is 12.0 Å². The van der Waals surface area contributed by atoms with Gasteiger partial charge in [-0.15, -0.1) is 0 Å². The largest absolute Gasteiger partial charge is 0.496 e. The SMILES string of the molecule is COc1ccc(Br)cc1C1(C2CC(N)C2)COC1. The average Bonchev–Trinajstić information content (AvgIpc) is 2.26. The Balaban J connectivity index is 1.98. The Bertz CT molecular complexity index is 453. The van der Waals surface area contributed by atoms with Gasteiger partial charge in [-0.2, -0.15) is 0 Å². The summed E-state index contributed by atoms with van der Waals surface area (Å²) in [6.07, 6.45) is 2.19. The Hall–Kier alpha value is -0.580. The van der Waals surface area contributed by atoms with Gasteiger partial charge in [-0.05, 0) is 37.0 Å². The van der Waals surface area contributed by atoms with Crippen LogP contribution in [-0.4, -0.2) is 26.4 Å². The van der Waals surface area contributed by atoms with E-state index in [-0.39, 0.29) is 5.41 Å². The lowest BCUT2D eigenvalue weighted by atomic mass is 9.59. The highest BCUT2D eigenvalue weighted by atomic mass is 79.9. The van der Waals surface area contributed by atoms with Gasteiger partial charge < -0.3 is 15.2 Å². The highest BCUT2D eigenvalue weighted by Gasteiger charge is 2.52. The monoisotopic (exact) mass is 311 g/mol. The van der Waals surface area contributed by atoms with Gasteiger partial charge in [0.1, 0.15) is 5.75 Å². The van der Waals surface area contributed by atoms with Gasteiger partial charge in [-0.3, -0.25) is 0 Å². The number of methoxy groups -OCH3 is 1. The predicted octanol–water partition coefficient (Wildman–Crippen LogP) is 2.46. The maximum atomic E-state index is 5.94. The molecule has 2 fully saturated rings. The maximum absolute atomic E-state index is 5.94. The third-order valence-corrected chi connectivity index (χ3v) is 4.87. The predicted molar refractivity (Wildman–Crippen MR) is 73.9 cm³/mol. The van der Waals surface area contributed by atoms with E-state index < -0.39 is 0 Å². The molecule has 0 bridgehead atoms. The molecule has 1 saturated heterocycles. The molecular formula is C14H18BrNO2. The summed E-state index contributed by atoms with van der Waals surface area (Å²) in [5, 5.41) is 0. The van der Waals surface area contributed by atoms with Crippen molar-refractivity contribution in [2.24, 2.45) is 11.7 Å². The summed E-state index contributed by atoms with van der Waals surface area (Å²) < 4.78 is 12.1. The van der Waals surface area contributed by atoms with Crippen LogP contribution in [0.15, 0.2) is 22.7 Å². The first-order valence-corrected chi connectivity index (χ1v) is 7.12. The zero-order chi connectivity index (χ0) is 12.8. The van der Waals surface area contributed by atoms with E-state index in [0.717, 1.165) is 36.3 Å². The Morgan fingerprint density at radius 3 is 2.61 bits per heavy atom. The molecule has 1 saturated carbocycles. The quantitative estimate of drug-likeness (QED) is 0.932. The van der Waals surface area contributed by atoms with Crippen LogP contribution in [0.2, 0.25) is 0 Å². The standard InChI is InChI=1S/C14H18BrNO2/c1-17-13-3-2-10(15)6-12(13)14(7-18-8-14)9-4-11(16)5-9/h2-3,6,9,11H,4-5,7-8,16H2,1H3. The van der Waals surface area contributed by atoms with Gasteiger partial charge in [0.2, 0.25) is 0 Å². The molecule has 0 amide bonds. The highest BCUT2D eigenvalue weighted by Crippen LogP contribution is 2.51. The van der Waals surface area contributed by atoms with Crippen LogP contribution in [0.1, 0.15) is 18.4 Å². The van der Waals surface area contributed by atoms with E-state index in [2.05, 4.69) is 22.0 Å². The van der Waals surface area contributed by atoms with Gasteiger partial charge in [-0.25, -0.2) is 0 Å². The fourth-order valence-electron chi connectivity index (χ4n) is 3.12. The Kier molecular flexibility index (Phi) is 3.12. The van der Waals surface area contributed by atoms with Crippen molar-refractivity contribution >= 4 is 15.9 Å². The van der Waals surface area contributed by atoms with Crippen LogP contribution in [0, 0.1) is 5.92 Å². The number of rotatable bonds is 3. The molecule has 1 aliphatic carbocycles. The molecule has 1 heterocycles. The molecule has 0 radical (unpaired) electrons. The summed E-state index contributed by atoms with van der Waals surface area (Å²) in [4.78, 5) is 0. The van der Waals surface area contributed by atoms with Crippen LogP contribution in [-0.2, 0) is 10.2 Å². The molecule has 98 valence electrons. The molecule has 2 N–H and O–H groups in total. The number of nitrogens with two attached hydrogens (primary N) is 1. The van der Waals surface area contributed by atoms with Gasteiger partial charge in [0.15, 0.2) is 0 Å². The first kappa shape index (κ1) is 12.5. The van der Waals surface area contributed by atoms with Crippen molar-refractivity contribution in [2.45, 2.75) is 24.3 Å². The van der Waals surface area contributed by atoms with E-state index >= 15 is 0 Å². The van der Waals surface area contributed by atoms with Crippen molar-refractivity contribution in [1.82, 2.24) is 0 Å². The minimum Gasteiger partial charge on any atom is -0.496 e. The van der Waals surface area contributed by atoms with Crippen molar-refractivity contribution in [2.75, 3.05) is 20.3 Å². The topological polar surface area (TPSA) is 44.5 Å². The zero-order valence-electron chi connectivity index (χ0n) is 10.5. The van der Waals surface area contributed by atoms with Crippen LogP contribution < -0.4 is 10.5 Å². The zero-order valence-corrected chi connectivity index (χ0v) is 12.1. The molecule has 0 atom stereocenters. The molecule has 3 rings (SSSR count). The van der Waals surface area contributed by atoms with Gasteiger partial charge in [0.25, 0.3) is 0 Å². The lowest BCUT2D eigenvalue weighted by molar-refractivity contribution is -0.111. The van der Waals surface area contributed by atoms with E-state index in [1.807, 2.05) is 12.1 Å². The van der Waals surface area contributed by atoms with Crippen molar-refractivity contribution < 1.29 is 9.47 Å². The summed E-state index contributed by atoms with van der Waals surface area (Å²) in [6.45, 7) is 1.58. The van der Waals surface area contributed by atoms with E-state index in [1.165, 1.54) is 5.56 Å². The van der Waals surface area contributed by atoms with E-state index in [4.69, 9.17) is 15.2 Å². The number of ether oxygens (including phenoxy) is 2. The third-order valence-electron chi connectivity index (χ3n) is 4.37. The minimum absolute atomic E-state index is 0.116. The molecule has 2 aliphatic rings. The Morgan fingerprint density at radius 2 is 2.11 bits per heavy atom. The first-order valence-electron chi connectivity index (χ1n) is 6.33. The molecule has 0 unspecified atom stereocenters. The second kappa shape index (κ2) is 4.51. The summed E-state index contributed by atoms with van der Waals surface area (Å²) >= 11 is 3.55. The highest BCUT2D eigenvalue weighted by molar-refractivity contribution is 9.10. The van der Waals surface area contributed by atoms with Gasteiger partial charge in [-0.1, -0.05) is 15.9 Å². The van der Waals surface area contributed by atoms with Gasteiger partial charge in [0.05, 0.1) is 20.3 Å². The summed E-state index contributed by atoms with van der Waals surface area (Å²) in [5.74, 6) is 1.59. The molecule has 1 aliphatic heterocycles. The van der Waals surface area contributed by atoms with Crippen molar-refractivity contribution in [3.05, 3.63) is 28.2 Å². The minimum atomic E-state index is 0.116. The number of hydrogen-bond acceptors (Lipinski definition) is 3. The van der Waals surface area contributed by atoms with Crippen molar-refractivity contribution in [3.8, 4) is 5.75 Å². The molecule has 1 aromatic carbocycles. The number of hydrogen-bond donors (Lipinski definition) is 1. The van der Waals surface area contributed by atoms with E-state index in [9.17, 15) is 0 Å². The average molecular weight is 312 g/mol. The van der Waals surface area contributed by atoms with Gasteiger partial charge in [0, 0.05) is 21.5 Å². The van der Waals surface area contributed by atoms with Gasteiger partial charge >= 0.3 is 0 Å². The molecule has 3 nitrogen and oxygen atoms in total. The van der Waals surface area contributed by atoms with Crippen LogP contribution in [0.4, 0.5) is 0 Å². The lowest BCUT2D eigenvalue weighted by Crippen LogP contribution is -2.58. The van der Waals surface area contributed by atoms with Crippen molar-refractivity contribution in [1.29, 1.82) is 0 Å². The smallest absolute Gasteiger partial charge is 0.122 e. The molecule has 1 aromatic rings. The fourth-order valence-corrected chi connectivity index (χ4v) is 3.48. The molecular weight excluding hydrogens is 294 g/mol. The summed E-state index contributed by atoms with van der Waals surface area (Å²) in [7, 11) is 1.73. The molecule has 0 aromatic heterocycles. The molecule has 4 heteroatoms. The Morgan fingerprint density at radius 1 is 1.39 bits per heavy atom.